The summed E-state index contributed by atoms with van der Waals surface area (Å²) >= 11 is 0. The molecule has 0 radical (unpaired) electrons. The molecular weight excluding hydrogens is 378 g/mol. The van der Waals surface area contributed by atoms with Crippen LogP contribution in [0.2, 0.25) is 0 Å². The molecule has 0 saturated heterocycles. The van der Waals surface area contributed by atoms with Crippen LogP contribution in [0.25, 0.3) is 0 Å². The largest absolute Gasteiger partial charge is 0.477 e. The van der Waals surface area contributed by atoms with Gasteiger partial charge in [-0.3, -0.25) is 4.79 Å². The van der Waals surface area contributed by atoms with E-state index < -0.39 is 12.0 Å². The Kier molecular flexibility index (Phi) is 5.83. The van der Waals surface area contributed by atoms with Crippen molar-refractivity contribution in [1.29, 1.82) is 0 Å². The smallest absolute Gasteiger partial charge is 0.352 e. The third-order valence-electron chi connectivity index (χ3n) is 6.37. The van der Waals surface area contributed by atoms with Gasteiger partial charge in [0.15, 0.2) is 0 Å². The third-order valence-corrected chi connectivity index (χ3v) is 6.37. The van der Waals surface area contributed by atoms with E-state index in [0.717, 1.165) is 24.8 Å². The van der Waals surface area contributed by atoms with Crippen LogP contribution in [0.15, 0.2) is 30.5 Å². The maximum Gasteiger partial charge on any atom is 0.352 e. The fraction of sp³-hybridized carbons (Fsp3) is 0.500. The summed E-state index contributed by atoms with van der Waals surface area (Å²) in [7, 11) is 0. The van der Waals surface area contributed by atoms with Crippen molar-refractivity contribution in [3.8, 4) is 0 Å². The molecule has 0 saturated carbocycles. The number of nitrogens with two attached hydrogens (primary N) is 1. The summed E-state index contributed by atoms with van der Waals surface area (Å²) in [4.78, 5) is 24.3. The van der Waals surface area contributed by atoms with Crippen LogP contribution in [0, 0.1) is 0 Å². The number of aryl methyl sites for hydroxylation is 1. The number of amides is 1. The van der Waals surface area contributed by atoms with Gasteiger partial charge in [0.2, 0.25) is 5.91 Å². The molecule has 30 heavy (non-hydrogen) atoms. The molecule has 6 heteroatoms. The lowest BCUT2D eigenvalue weighted by Gasteiger charge is -2.42. The number of fused-ring (bicyclic) bond motifs is 1. The van der Waals surface area contributed by atoms with Gasteiger partial charge in [0.05, 0.1) is 5.69 Å². The summed E-state index contributed by atoms with van der Waals surface area (Å²) in [6.07, 6.45) is 4.65. The molecule has 1 aromatic heterocycles. The molecule has 0 bridgehead atoms. The van der Waals surface area contributed by atoms with Gasteiger partial charge in [-0.05, 0) is 52.8 Å². The number of nitrogens with zero attached hydrogens (tertiary/aromatic N) is 1. The number of benzene rings is 1. The van der Waals surface area contributed by atoms with Crippen molar-refractivity contribution in [3.05, 3.63) is 52.8 Å². The van der Waals surface area contributed by atoms with E-state index in [-0.39, 0.29) is 22.4 Å². The van der Waals surface area contributed by atoms with Gasteiger partial charge < -0.3 is 20.7 Å². The van der Waals surface area contributed by atoms with Crippen LogP contribution in [-0.2, 0) is 22.2 Å². The number of aromatic nitrogens is 1. The molecule has 0 fully saturated rings. The first-order chi connectivity index (χ1) is 14.0. The number of hydrogen-bond donors (Lipinski definition) is 3. The monoisotopic (exact) mass is 411 g/mol. The number of carboxylic acids is 1. The van der Waals surface area contributed by atoms with Crippen molar-refractivity contribution >= 4 is 17.6 Å². The second kappa shape index (κ2) is 7.91. The average molecular weight is 412 g/mol. The Morgan fingerprint density at radius 3 is 2.37 bits per heavy atom. The van der Waals surface area contributed by atoms with E-state index in [1.807, 2.05) is 13.0 Å². The number of hydrogen-bond acceptors (Lipinski definition) is 3. The number of aromatic carboxylic acids is 1. The highest BCUT2D eigenvalue weighted by Gasteiger charge is 2.37. The van der Waals surface area contributed by atoms with Crippen LogP contribution < -0.4 is 11.1 Å². The molecule has 0 aliphatic heterocycles. The Labute approximate surface area is 178 Å². The van der Waals surface area contributed by atoms with E-state index in [1.54, 1.807) is 10.8 Å². The minimum atomic E-state index is -1.02. The molecule has 3 rings (SSSR count). The van der Waals surface area contributed by atoms with Gasteiger partial charge in [0, 0.05) is 12.7 Å². The maximum absolute atomic E-state index is 12.8. The van der Waals surface area contributed by atoms with E-state index in [0.29, 0.717) is 12.2 Å². The zero-order valence-corrected chi connectivity index (χ0v) is 18.6. The fourth-order valence-electron chi connectivity index (χ4n) is 4.35. The average Bonchev–Trinajstić information content (AvgIpc) is 3.07. The summed E-state index contributed by atoms with van der Waals surface area (Å²) in [5.74, 6) is -1.37. The van der Waals surface area contributed by atoms with Gasteiger partial charge >= 0.3 is 5.97 Å². The summed E-state index contributed by atoms with van der Waals surface area (Å²) in [5.41, 5.74) is 10.4. The van der Waals surface area contributed by atoms with Crippen LogP contribution in [0.1, 0.15) is 87.1 Å². The van der Waals surface area contributed by atoms with Gasteiger partial charge in [-0.25, -0.2) is 4.79 Å². The lowest BCUT2D eigenvalue weighted by atomic mass is 9.63. The number of rotatable bonds is 6. The Morgan fingerprint density at radius 1 is 1.13 bits per heavy atom. The van der Waals surface area contributed by atoms with E-state index in [9.17, 15) is 14.7 Å². The first kappa shape index (κ1) is 22.1. The molecule has 1 aliphatic carbocycles. The van der Waals surface area contributed by atoms with Crippen LogP contribution >= 0.6 is 0 Å². The summed E-state index contributed by atoms with van der Waals surface area (Å²) < 4.78 is 1.63. The molecule has 1 heterocycles. The minimum absolute atomic E-state index is 0.0326. The van der Waals surface area contributed by atoms with Crippen LogP contribution in [0.3, 0.4) is 0 Å². The number of anilines is 1. The van der Waals surface area contributed by atoms with Crippen molar-refractivity contribution in [1.82, 2.24) is 4.57 Å². The van der Waals surface area contributed by atoms with Gasteiger partial charge in [-0.15, -0.1) is 0 Å². The topological polar surface area (TPSA) is 97.4 Å². The predicted molar refractivity (Wildman–Crippen MR) is 119 cm³/mol. The number of carbonyl (C=O) groups excluding carboxylic acids is 1. The molecule has 1 amide bonds. The van der Waals surface area contributed by atoms with E-state index in [4.69, 9.17) is 5.73 Å². The lowest BCUT2D eigenvalue weighted by Crippen LogP contribution is -2.35. The molecule has 1 aliphatic rings. The molecule has 1 atom stereocenters. The zero-order valence-electron chi connectivity index (χ0n) is 18.6. The fourth-order valence-corrected chi connectivity index (χ4v) is 4.35. The second-order valence-electron chi connectivity index (χ2n) is 9.65. The highest BCUT2D eigenvalue weighted by molar-refractivity contribution is 5.97. The Bertz CT molecular complexity index is 972. The Morgan fingerprint density at radius 2 is 1.77 bits per heavy atom. The minimum Gasteiger partial charge on any atom is -0.477 e. The van der Waals surface area contributed by atoms with Gasteiger partial charge in [0.1, 0.15) is 11.7 Å². The normalized spacial score (nSPS) is 17.8. The second-order valence-corrected chi connectivity index (χ2v) is 9.65. The van der Waals surface area contributed by atoms with Gasteiger partial charge in [0.25, 0.3) is 0 Å². The summed E-state index contributed by atoms with van der Waals surface area (Å²) in [6, 6.07) is 6.77. The molecule has 2 aromatic rings. The maximum atomic E-state index is 12.8. The van der Waals surface area contributed by atoms with Crippen molar-refractivity contribution < 1.29 is 14.7 Å². The molecular formula is C24H33N3O3. The Hall–Kier alpha value is -2.60. The molecule has 0 spiro atoms. The van der Waals surface area contributed by atoms with Crippen molar-refractivity contribution in [2.24, 2.45) is 5.73 Å². The van der Waals surface area contributed by atoms with Gasteiger partial charge in [-0.1, -0.05) is 52.8 Å². The van der Waals surface area contributed by atoms with Crippen molar-refractivity contribution in [3.63, 3.8) is 0 Å². The quantitative estimate of drug-likeness (QED) is 0.648. The SMILES string of the molecule is CCCn1cc(NC(=O)C(N)c2ccc3c(c2)C(C)(C)CCC3(C)C)cc1C(=O)O. The predicted octanol–water partition coefficient (Wildman–Crippen LogP) is 4.58. The van der Waals surface area contributed by atoms with Crippen LogP contribution in [-0.4, -0.2) is 21.6 Å². The lowest BCUT2D eigenvalue weighted by molar-refractivity contribution is -0.117. The zero-order chi connectivity index (χ0) is 22.3. The summed E-state index contributed by atoms with van der Waals surface area (Å²) in [6.45, 7) is 11.5. The van der Waals surface area contributed by atoms with Crippen LogP contribution in [0.5, 0.6) is 0 Å². The standard InChI is InChI=1S/C24H33N3O3/c1-6-11-27-14-16(13-19(27)22(29)30)26-21(28)20(25)15-7-8-17-18(12-15)24(4,5)10-9-23(17,2)3/h7-8,12-14,20H,6,9-11,25H2,1-5H3,(H,26,28)(H,29,30). The highest BCUT2D eigenvalue weighted by Crippen LogP contribution is 2.46. The molecule has 1 unspecified atom stereocenters. The highest BCUT2D eigenvalue weighted by atomic mass is 16.4. The number of nitrogens with one attached hydrogen (secondary N) is 1. The third kappa shape index (κ3) is 4.15. The number of carbonyl (C=O) groups is 2. The van der Waals surface area contributed by atoms with E-state index >= 15 is 0 Å². The molecule has 1 aromatic carbocycles. The van der Waals surface area contributed by atoms with Crippen molar-refractivity contribution in [2.45, 2.75) is 77.3 Å². The van der Waals surface area contributed by atoms with E-state index in [2.05, 4.69) is 45.1 Å². The first-order valence-corrected chi connectivity index (χ1v) is 10.6. The van der Waals surface area contributed by atoms with E-state index in [1.165, 1.54) is 17.2 Å². The molecule has 162 valence electrons. The van der Waals surface area contributed by atoms with Gasteiger partial charge in [-0.2, -0.15) is 0 Å². The van der Waals surface area contributed by atoms with Crippen molar-refractivity contribution in [2.75, 3.05) is 5.32 Å². The number of carboxylic acid groups (broad SMARTS) is 1. The Balaban J connectivity index is 1.85. The van der Waals surface area contributed by atoms with Crippen LogP contribution in [0.4, 0.5) is 5.69 Å². The summed E-state index contributed by atoms with van der Waals surface area (Å²) in [5, 5.41) is 12.2. The first-order valence-electron chi connectivity index (χ1n) is 10.6. The molecule has 6 nitrogen and oxygen atoms in total. The molecule has 4 N–H and O–H groups in total.